The molecule has 0 unspecified atom stereocenters. The highest BCUT2D eigenvalue weighted by molar-refractivity contribution is 5.30. The molecule has 0 amide bonds. The van der Waals surface area contributed by atoms with Crippen molar-refractivity contribution in [1.29, 1.82) is 0 Å². The highest BCUT2D eigenvalue weighted by atomic mass is 16.5. The highest BCUT2D eigenvalue weighted by Crippen LogP contribution is 2.43. The van der Waals surface area contributed by atoms with Gasteiger partial charge in [0.1, 0.15) is 6.04 Å². The van der Waals surface area contributed by atoms with E-state index in [0.717, 1.165) is 26.0 Å². The predicted octanol–water partition coefficient (Wildman–Crippen LogP) is 4.54. The summed E-state index contributed by atoms with van der Waals surface area (Å²) in [5.74, 6) is 0. The van der Waals surface area contributed by atoms with Crippen LogP contribution in [0.4, 0.5) is 0 Å². The van der Waals surface area contributed by atoms with Crippen molar-refractivity contribution in [2.75, 3.05) is 13.2 Å². The van der Waals surface area contributed by atoms with Gasteiger partial charge >= 0.3 is 0 Å². The molecule has 1 heterocycles. The Balaban J connectivity index is 1.73. The molecule has 0 radical (unpaired) electrons. The fraction of sp³-hybridized carbons (Fsp3) is 0.500. The zero-order valence-electron chi connectivity index (χ0n) is 16.8. The summed E-state index contributed by atoms with van der Waals surface area (Å²) in [4.78, 5) is 0. The van der Waals surface area contributed by atoms with Gasteiger partial charge in [-0.05, 0) is 46.1 Å². The summed E-state index contributed by atoms with van der Waals surface area (Å²) in [6.45, 7) is 11.0. The fourth-order valence-corrected chi connectivity index (χ4v) is 4.49. The van der Waals surface area contributed by atoms with Crippen LogP contribution in [-0.2, 0) is 10.2 Å². The highest BCUT2D eigenvalue weighted by Gasteiger charge is 2.42. The number of aryl methyl sites for hydroxylation is 1. The quantitative estimate of drug-likeness (QED) is 0.812. The first kappa shape index (κ1) is 19.1. The smallest absolute Gasteiger partial charge is 0.109 e. The van der Waals surface area contributed by atoms with Gasteiger partial charge in [-0.1, -0.05) is 60.2 Å². The molecule has 2 atom stereocenters. The molecular formula is C24H34NO+. The minimum absolute atomic E-state index is 0.0474. The van der Waals surface area contributed by atoms with Gasteiger partial charge in [0.15, 0.2) is 0 Å². The molecule has 3 rings (SSSR count). The monoisotopic (exact) mass is 352 g/mol. The Bertz CT molecular complexity index is 692. The molecule has 1 saturated heterocycles. The second-order valence-electron chi connectivity index (χ2n) is 8.66. The Morgan fingerprint density at radius 3 is 2.38 bits per heavy atom. The zero-order chi connectivity index (χ0) is 18.6. The van der Waals surface area contributed by atoms with Crippen LogP contribution in [0.15, 0.2) is 54.6 Å². The minimum atomic E-state index is -0.0474. The summed E-state index contributed by atoms with van der Waals surface area (Å²) in [6, 6.07) is 20.5. The maximum atomic E-state index is 6.05. The van der Waals surface area contributed by atoms with Crippen LogP contribution in [0.5, 0.6) is 0 Å². The van der Waals surface area contributed by atoms with Crippen LogP contribution in [0, 0.1) is 6.92 Å². The van der Waals surface area contributed by atoms with Crippen LogP contribution in [0.25, 0.3) is 0 Å². The van der Waals surface area contributed by atoms with E-state index in [0.29, 0.717) is 6.04 Å². The van der Waals surface area contributed by atoms with E-state index in [2.05, 4.69) is 87.6 Å². The predicted molar refractivity (Wildman–Crippen MR) is 108 cm³/mol. The van der Waals surface area contributed by atoms with Crippen molar-refractivity contribution < 1.29 is 10.1 Å². The summed E-state index contributed by atoms with van der Waals surface area (Å²) in [5, 5.41) is 2.49. The Hall–Kier alpha value is -1.64. The molecule has 0 aromatic heterocycles. The van der Waals surface area contributed by atoms with Crippen LogP contribution < -0.4 is 5.32 Å². The molecule has 2 aromatic carbocycles. The van der Waals surface area contributed by atoms with E-state index in [4.69, 9.17) is 4.74 Å². The van der Waals surface area contributed by atoms with Gasteiger partial charge in [0.05, 0.1) is 12.1 Å². The number of ether oxygens (including phenoxy) is 1. The number of nitrogens with two attached hydrogens (primary N) is 1. The van der Waals surface area contributed by atoms with E-state index < -0.39 is 0 Å². The van der Waals surface area contributed by atoms with Gasteiger partial charge in [-0.15, -0.1) is 0 Å². The number of benzene rings is 2. The molecule has 2 N–H and O–H groups in total. The Morgan fingerprint density at radius 1 is 1.04 bits per heavy atom. The van der Waals surface area contributed by atoms with Gasteiger partial charge in [0.25, 0.3) is 0 Å². The lowest BCUT2D eigenvalue weighted by molar-refractivity contribution is -0.693. The topological polar surface area (TPSA) is 25.8 Å². The first-order chi connectivity index (χ1) is 12.4. The summed E-state index contributed by atoms with van der Waals surface area (Å²) in [5.41, 5.74) is 4.40. The normalized spacial score (nSPS) is 23.5. The lowest BCUT2D eigenvalue weighted by atomic mass is 9.67. The number of hydrogen-bond acceptors (Lipinski definition) is 1. The van der Waals surface area contributed by atoms with E-state index >= 15 is 0 Å². The van der Waals surface area contributed by atoms with Gasteiger partial charge in [0.2, 0.25) is 0 Å². The number of quaternary nitrogens is 1. The Labute approximate surface area is 159 Å². The lowest BCUT2D eigenvalue weighted by Crippen LogP contribution is -2.85. The lowest BCUT2D eigenvalue weighted by Gasteiger charge is -2.45. The fourth-order valence-electron chi connectivity index (χ4n) is 4.49. The molecule has 1 aliphatic heterocycles. The van der Waals surface area contributed by atoms with Crippen molar-refractivity contribution in [1.82, 2.24) is 0 Å². The van der Waals surface area contributed by atoms with Crippen LogP contribution in [-0.4, -0.2) is 18.8 Å². The SMILES string of the molecule is Cc1ccc([C@]2(CC[NH2+][C@@H](C)c3ccccc3)CCOC(C)(C)C2)cc1. The summed E-state index contributed by atoms with van der Waals surface area (Å²) in [6.07, 6.45) is 3.41. The van der Waals surface area contributed by atoms with Gasteiger partial charge in [-0.25, -0.2) is 0 Å². The molecule has 2 nitrogen and oxygen atoms in total. The third-order valence-electron chi connectivity index (χ3n) is 5.97. The molecule has 2 aromatic rings. The molecule has 2 heteroatoms. The molecular weight excluding hydrogens is 318 g/mol. The third-order valence-corrected chi connectivity index (χ3v) is 5.97. The van der Waals surface area contributed by atoms with Crippen LogP contribution in [0.2, 0.25) is 0 Å². The van der Waals surface area contributed by atoms with Gasteiger partial charge in [-0.2, -0.15) is 0 Å². The minimum Gasteiger partial charge on any atom is -0.376 e. The molecule has 0 saturated carbocycles. The van der Waals surface area contributed by atoms with Gasteiger partial charge in [-0.3, -0.25) is 0 Å². The van der Waals surface area contributed by atoms with E-state index in [1.807, 2.05) is 0 Å². The zero-order valence-corrected chi connectivity index (χ0v) is 16.8. The van der Waals surface area contributed by atoms with Gasteiger partial charge < -0.3 is 10.1 Å². The Kier molecular flexibility index (Phi) is 5.84. The largest absolute Gasteiger partial charge is 0.376 e. The van der Waals surface area contributed by atoms with Gasteiger partial charge in [0, 0.05) is 24.0 Å². The van der Waals surface area contributed by atoms with Crippen LogP contribution >= 0.6 is 0 Å². The molecule has 0 bridgehead atoms. The van der Waals surface area contributed by atoms with Crippen molar-refractivity contribution >= 4 is 0 Å². The van der Waals surface area contributed by atoms with Crippen LogP contribution in [0.3, 0.4) is 0 Å². The second-order valence-corrected chi connectivity index (χ2v) is 8.66. The number of rotatable bonds is 6. The third kappa shape index (κ3) is 4.55. The van der Waals surface area contributed by atoms with E-state index in [9.17, 15) is 0 Å². The first-order valence-corrected chi connectivity index (χ1v) is 10.00. The second kappa shape index (κ2) is 7.94. The van der Waals surface area contributed by atoms with Crippen molar-refractivity contribution in [2.45, 2.75) is 64.0 Å². The summed E-state index contributed by atoms with van der Waals surface area (Å²) < 4.78 is 6.05. The molecule has 1 aliphatic rings. The average Bonchev–Trinajstić information content (AvgIpc) is 2.62. The standard InChI is InChI=1S/C24H33NO/c1-19-10-12-22(13-11-19)24(15-17-26-23(3,4)18-24)14-16-25-20(2)21-8-6-5-7-9-21/h5-13,20,25H,14-18H2,1-4H3/p+1/t20-,24+/m0/s1. The molecule has 140 valence electrons. The summed E-state index contributed by atoms with van der Waals surface area (Å²) in [7, 11) is 0. The van der Waals surface area contributed by atoms with E-state index in [-0.39, 0.29) is 11.0 Å². The molecule has 26 heavy (non-hydrogen) atoms. The van der Waals surface area contributed by atoms with Crippen molar-refractivity contribution in [3.8, 4) is 0 Å². The van der Waals surface area contributed by atoms with E-state index in [1.54, 1.807) is 0 Å². The van der Waals surface area contributed by atoms with Crippen molar-refractivity contribution in [3.63, 3.8) is 0 Å². The summed E-state index contributed by atoms with van der Waals surface area (Å²) >= 11 is 0. The van der Waals surface area contributed by atoms with Crippen molar-refractivity contribution in [2.24, 2.45) is 0 Å². The molecule has 1 fully saturated rings. The maximum Gasteiger partial charge on any atom is 0.109 e. The molecule has 0 spiro atoms. The van der Waals surface area contributed by atoms with Crippen LogP contribution in [0.1, 0.15) is 62.8 Å². The average molecular weight is 353 g/mol. The Morgan fingerprint density at radius 2 is 1.73 bits per heavy atom. The van der Waals surface area contributed by atoms with E-state index in [1.165, 1.54) is 23.1 Å². The van der Waals surface area contributed by atoms with Crippen molar-refractivity contribution in [3.05, 3.63) is 71.3 Å². The number of hydrogen-bond donors (Lipinski definition) is 1. The first-order valence-electron chi connectivity index (χ1n) is 10.00. The maximum absolute atomic E-state index is 6.05. The molecule has 0 aliphatic carbocycles.